The first kappa shape index (κ1) is 12.0. The quantitative estimate of drug-likeness (QED) is 0.740. The first-order valence-corrected chi connectivity index (χ1v) is 5.77. The molecule has 17 heavy (non-hydrogen) atoms. The molecule has 0 aliphatic rings. The molecule has 0 radical (unpaired) electrons. The van der Waals surface area contributed by atoms with Gasteiger partial charge in [0.15, 0.2) is 0 Å². The normalized spacial score (nSPS) is 12.9. The van der Waals surface area contributed by atoms with Crippen LogP contribution in [0.5, 0.6) is 5.75 Å². The number of aromatic amines is 1. The Hall–Kier alpha value is -1.52. The van der Waals surface area contributed by atoms with Crippen LogP contribution in [0.2, 0.25) is 0 Å². The molecule has 1 aromatic carbocycles. The molecule has 0 saturated carbocycles. The van der Waals surface area contributed by atoms with Crippen LogP contribution in [0.4, 0.5) is 0 Å². The molecule has 0 saturated heterocycles. The van der Waals surface area contributed by atoms with Crippen LogP contribution in [0, 0.1) is 0 Å². The highest BCUT2D eigenvalue weighted by molar-refractivity contribution is 5.85. The summed E-state index contributed by atoms with van der Waals surface area (Å²) in [6, 6.07) is 5.83. The topological polar surface area (TPSA) is 71.3 Å². The zero-order valence-corrected chi connectivity index (χ0v) is 9.94. The summed E-state index contributed by atoms with van der Waals surface area (Å²) in [5, 5.41) is 9.92. The number of benzene rings is 1. The van der Waals surface area contributed by atoms with E-state index in [-0.39, 0.29) is 12.6 Å². The van der Waals surface area contributed by atoms with Gasteiger partial charge in [0.25, 0.3) is 0 Å². The molecular formula is C13H18N2O2. The van der Waals surface area contributed by atoms with E-state index in [4.69, 9.17) is 15.6 Å². The molecule has 0 fully saturated rings. The molecule has 1 heterocycles. The van der Waals surface area contributed by atoms with Gasteiger partial charge in [-0.1, -0.05) is 0 Å². The van der Waals surface area contributed by atoms with Crippen molar-refractivity contribution in [1.29, 1.82) is 0 Å². The molecule has 0 amide bonds. The molecule has 1 aromatic heterocycles. The van der Waals surface area contributed by atoms with Crippen LogP contribution in [0.3, 0.4) is 0 Å². The van der Waals surface area contributed by atoms with Crippen molar-refractivity contribution >= 4 is 10.9 Å². The molecule has 2 rings (SSSR count). The lowest BCUT2D eigenvalue weighted by molar-refractivity contribution is 0.280. The van der Waals surface area contributed by atoms with Gasteiger partial charge in [-0.05, 0) is 36.6 Å². The number of ether oxygens (including phenoxy) is 1. The highest BCUT2D eigenvalue weighted by Gasteiger charge is 2.11. The summed E-state index contributed by atoms with van der Waals surface area (Å²) in [5.41, 5.74) is 8.24. The molecular weight excluding hydrogens is 216 g/mol. The third-order valence-electron chi connectivity index (χ3n) is 2.99. The van der Waals surface area contributed by atoms with E-state index in [0.717, 1.165) is 35.1 Å². The number of H-pyrrole nitrogens is 1. The van der Waals surface area contributed by atoms with Crippen LogP contribution in [0.1, 0.15) is 24.4 Å². The Morgan fingerprint density at radius 2 is 2.29 bits per heavy atom. The van der Waals surface area contributed by atoms with E-state index < -0.39 is 0 Å². The Morgan fingerprint density at radius 3 is 3.00 bits per heavy atom. The average molecular weight is 234 g/mol. The summed E-state index contributed by atoms with van der Waals surface area (Å²) < 4.78 is 5.21. The predicted molar refractivity (Wildman–Crippen MR) is 68.1 cm³/mol. The molecule has 2 aromatic rings. The Morgan fingerprint density at radius 1 is 1.47 bits per heavy atom. The molecule has 0 spiro atoms. The van der Waals surface area contributed by atoms with E-state index in [0.29, 0.717) is 0 Å². The maximum atomic E-state index is 8.82. The summed E-state index contributed by atoms with van der Waals surface area (Å²) in [4.78, 5) is 3.20. The Kier molecular flexibility index (Phi) is 3.66. The third kappa shape index (κ3) is 2.43. The number of fused-ring (bicyclic) bond motifs is 1. The summed E-state index contributed by atoms with van der Waals surface area (Å²) in [6.45, 7) is 0.180. The number of aliphatic hydroxyl groups is 1. The van der Waals surface area contributed by atoms with Crippen molar-refractivity contribution in [2.45, 2.75) is 18.9 Å². The fourth-order valence-corrected chi connectivity index (χ4v) is 2.02. The third-order valence-corrected chi connectivity index (χ3v) is 2.99. The van der Waals surface area contributed by atoms with Crippen LogP contribution in [-0.4, -0.2) is 23.8 Å². The first-order valence-electron chi connectivity index (χ1n) is 5.77. The van der Waals surface area contributed by atoms with Gasteiger partial charge in [0.2, 0.25) is 0 Å². The smallest absolute Gasteiger partial charge is 0.119 e. The maximum absolute atomic E-state index is 8.82. The second-order valence-corrected chi connectivity index (χ2v) is 4.13. The number of aromatic nitrogens is 1. The van der Waals surface area contributed by atoms with Crippen LogP contribution in [0.25, 0.3) is 10.9 Å². The molecule has 0 bridgehead atoms. The van der Waals surface area contributed by atoms with Gasteiger partial charge in [-0.15, -0.1) is 0 Å². The SMILES string of the molecule is COc1ccc2[nH]cc([C@@H](N)CCCO)c2c1. The van der Waals surface area contributed by atoms with Gasteiger partial charge < -0.3 is 20.6 Å². The van der Waals surface area contributed by atoms with E-state index in [1.54, 1.807) is 7.11 Å². The summed E-state index contributed by atoms with van der Waals surface area (Å²) in [6.07, 6.45) is 3.44. The lowest BCUT2D eigenvalue weighted by Crippen LogP contribution is -2.10. The second kappa shape index (κ2) is 5.21. The van der Waals surface area contributed by atoms with Crippen LogP contribution < -0.4 is 10.5 Å². The van der Waals surface area contributed by atoms with E-state index in [2.05, 4.69) is 4.98 Å². The Labute approximate surface area is 100 Å². The van der Waals surface area contributed by atoms with Crippen LogP contribution in [0.15, 0.2) is 24.4 Å². The minimum absolute atomic E-state index is 0.0528. The fourth-order valence-electron chi connectivity index (χ4n) is 2.02. The van der Waals surface area contributed by atoms with Gasteiger partial charge in [0.05, 0.1) is 7.11 Å². The van der Waals surface area contributed by atoms with Crippen LogP contribution >= 0.6 is 0 Å². The number of methoxy groups -OCH3 is 1. The van der Waals surface area contributed by atoms with Crippen molar-refractivity contribution in [3.05, 3.63) is 30.0 Å². The molecule has 4 heteroatoms. The average Bonchev–Trinajstić information content (AvgIpc) is 2.78. The first-order chi connectivity index (χ1) is 8.26. The minimum atomic E-state index is -0.0528. The highest BCUT2D eigenvalue weighted by atomic mass is 16.5. The zero-order valence-electron chi connectivity index (χ0n) is 9.94. The van der Waals surface area contributed by atoms with Gasteiger partial charge in [0, 0.05) is 29.7 Å². The number of nitrogens with two attached hydrogens (primary N) is 1. The van der Waals surface area contributed by atoms with Gasteiger partial charge in [-0.25, -0.2) is 0 Å². The molecule has 4 nitrogen and oxygen atoms in total. The number of aliphatic hydroxyl groups excluding tert-OH is 1. The molecule has 0 aliphatic carbocycles. The number of nitrogens with one attached hydrogen (secondary N) is 1. The van der Waals surface area contributed by atoms with Crippen molar-refractivity contribution in [2.75, 3.05) is 13.7 Å². The molecule has 0 aliphatic heterocycles. The maximum Gasteiger partial charge on any atom is 0.119 e. The molecule has 0 unspecified atom stereocenters. The number of hydrogen-bond acceptors (Lipinski definition) is 3. The van der Waals surface area contributed by atoms with Gasteiger partial charge in [-0.3, -0.25) is 0 Å². The Bertz CT molecular complexity index is 493. The lowest BCUT2D eigenvalue weighted by atomic mass is 10.0. The van der Waals surface area contributed by atoms with Crippen molar-refractivity contribution in [3.63, 3.8) is 0 Å². The predicted octanol–water partition coefficient (Wildman–Crippen LogP) is 1.95. The summed E-state index contributed by atoms with van der Waals surface area (Å²) in [5.74, 6) is 0.827. The van der Waals surface area contributed by atoms with Crippen molar-refractivity contribution in [2.24, 2.45) is 5.73 Å². The van der Waals surface area contributed by atoms with Gasteiger partial charge in [0.1, 0.15) is 5.75 Å². The fraction of sp³-hybridized carbons (Fsp3) is 0.385. The lowest BCUT2D eigenvalue weighted by Gasteiger charge is -2.10. The van der Waals surface area contributed by atoms with E-state index in [1.807, 2.05) is 24.4 Å². The van der Waals surface area contributed by atoms with Gasteiger partial charge in [-0.2, -0.15) is 0 Å². The van der Waals surface area contributed by atoms with Crippen molar-refractivity contribution in [3.8, 4) is 5.75 Å². The summed E-state index contributed by atoms with van der Waals surface area (Å²) >= 11 is 0. The highest BCUT2D eigenvalue weighted by Crippen LogP contribution is 2.28. The zero-order chi connectivity index (χ0) is 12.3. The van der Waals surface area contributed by atoms with E-state index in [1.165, 1.54) is 0 Å². The second-order valence-electron chi connectivity index (χ2n) is 4.13. The number of hydrogen-bond donors (Lipinski definition) is 3. The van der Waals surface area contributed by atoms with Crippen molar-refractivity contribution in [1.82, 2.24) is 4.98 Å². The minimum Gasteiger partial charge on any atom is -0.497 e. The van der Waals surface area contributed by atoms with E-state index >= 15 is 0 Å². The Balaban J connectivity index is 2.33. The molecule has 1 atom stereocenters. The summed E-state index contributed by atoms with van der Waals surface area (Å²) in [7, 11) is 1.65. The monoisotopic (exact) mass is 234 g/mol. The van der Waals surface area contributed by atoms with E-state index in [9.17, 15) is 0 Å². The van der Waals surface area contributed by atoms with Crippen molar-refractivity contribution < 1.29 is 9.84 Å². The standard InChI is InChI=1S/C13H18N2O2/c1-17-9-4-5-13-10(7-9)11(8-15-13)12(14)3-2-6-16/h4-5,7-8,12,15-16H,2-3,6,14H2,1H3/t12-/m0/s1. The molecule has 4 N–H and O–H groups in total. The van der Waals surface area contributed by atoms with Gasteiger partial charge >= 0.3 is 0 Å². The number of rotatable bonds is 5. The van der Waals surface area contributed by atoms with Crippen LogP contribution in [-0.2, 0) is 0 Å². The molecule has 92 valence electrons. The largest absolute Gasteiger partial charge is 0.497 e.